The maximum absolute atomic E-state index is 6.31. The van der Waals surface area contributed by atoms with E-state index in [2.05, 4.69) is 18.0 Å². The summed E-state index contributed by atoms with van der Waals surface area (Å²) in [6, 6.07) is 7.94. The molecule has 0 bridgehead atoms. The van der Waals surface area contributed by atoms with Crippen molar-refractivity contribution in [2.45, 2.75) is 26.8 Å². The number of aryl methyl sites for hydroxylation is 3. The highest BCUT2D eigenvalue weighted by molar-refractivity contribution is 7.11. The van der Waals surface area contributed by atoms with Gasteiger partial charge in [0.2, 0.25) is 0 Å². The second-order valence-corrected chi connectivity index (χ2v) is 6.09. The van der Waals surface area contributed by atoms with E-state index in [1.165, 1.54) is 5.56 Å². The van der Waals surface area contributed by atoms with Crippen LogP contribution in [0.2, 0.25) is 0 Å². The monoisotopic (exact) mass is 272 g/mol. The predicted molar refractivity (Wildman–Crippen MR) is 78.6 cm³/mol. The van der Waals surface area contributed by atoms with Gasteiger partial charge in [0, 0.05) is 5.39 Å². The zero-order valence-corrected chi connectivity index (χ0v) is 12.0. The van der Waals surface area contributed by atoms with Crippen LogP contribution in [0, 0.1) is 20.8 Å². The molecule has 3 nitrogen and oxygen atoms in total. The molecular formula is C15H16N2OS. The van der Waals surface area contributed by atoms with Crippen molar-refractivity contribution >= 4 is 22.3 Å². The van der Waals surface area contributed by atoms with E-state index in [0.717, 1.165) is 32.3 Å². The van der Waals surface area contributed by atoms with Crippen molar-refractivity contribution in [2.24, 2.45) is 5.73 Å². The van der Waals surface area contributed by atoms with Gasteiger partial charge in [-0.1, -0.05) is 11.6 Å². The van der Waals surface area contributed by atoms with Gasteiger partial charge in [-0.2, -0.15) is 0 Å². The third-order valence-corrected chi connectivity index (χ3v) is 4.38. The van der Waals surface area contributed by atoms with E-state index in [1.807, 2.05) is 32.0 Å². The summed E-state index contributed by atoms with van der Waals surface area (Å²) in [7, 11) is 0. The molecule has 0 aliphatic carbocycles. The minimum absolute atomic E-state index is 0.237. The Morgan fingerprint density at radius 1 is 1.21 bits per heavy atom. The number of benzene rings is 1. The van der Waals surface area contributed by atoms with Gasteiger partial charge >= 0.3 is 0 Å². The van der Waals surface area contributed by atoms with Crippen LogP contribution in [0.25, 0.3) is 11.0 Å². The van der Waals surface area contributed by atoms with E-state index in [4.69, 9.17) is 10.2 Å². The van der Waals surface area contributed by atoms with Crippen LogP contribution in [0.1, 0.15) is 32.9 Å². The van der Waals surface area contributed by atoms with Crippen molar-refractivity contribution in [1.29, 1.82) is 0 Å². The number of rotatable bonds is 2. The Kier molecular flexibility index (Phi) is 2.92. The van der Waals surface area contributed by atoms with Gasteiger partial charge in [0.05, 0.1) is 21.6 Å². The van der Waals surface area contributed by atoms with Gasteiger partial charge in [-0.25, -0.2) is 4.98 Å². The van der Waals surface area contributed by atoms with E-state index in [0.29, 0.717) is 0 Å². The Morgan fingerprint density at radius 2 is 2.00 bits per heavy atom. The zero-order valence-electron chi connectivity index (χ0n) is 11.2. The molecular weight excluding hydrogens is 256 g/mol. The van der Waals surface area contributed by atoms with Crippen molar-refractivity contribution < 1.29 is 4.42 Å². The quantitative estimate of drug-likeness (QED) is 0.770. The molecule has 4 heteroatoms. The van der Waals surface area contributed by atoms with Gasteiger partial charge in [0.15, 0.2) is 0 Å². The molecule has 3 rings (SSSR count). The smallest absolute Gasteiger partial charge is 0.134 e. The van der Waals surface area contributed by atoms with Crippen LogP contribution in [0.5, 0.6) is 0 Å². The second-order valence-electron chi connectivity index (χ2n) is 4.85. The number of nitrogens with zero attached hydrogens (tertiary/aromatic N) is 1. The molecule has 0 saturated carbocycles. The Labute approximate surface area is 116 Å². The number of hydrogen-bond donors (Lipinski definition) is 1. The number of hydrogen-bond acceptors (Lipinski definition) is 4. The number of thiazole rings is 1. The number of nitrogens with two attached hydrogens (primary N) is 1. The van der Waals surface area contributed by atoms with E-state index in [9.17, 15) is 0 Å². The van der Waals surface area contributed by atoms with Crippen LogP contribution in [0.4, 0.5) is 0 Å². The Bertz CT molecular complexity index is 742. The summed E-state index contributed by atoms with van der Waals surface area (Å²) in [4.78, 5) is 5.50. The van der Waals surface area contributed by atoms with Crippen molar-refractivity contribution in [2.75, 3.05) is 0 Å². The lowest BCUT2D eigenvalue weighted by molar-refractivity contribution is 0.526. The third kappa shape index (κ3) is 2.17. The average molecular weight is 272 g/mol. The van der Waals surface area contributed by atoms with Gasteiger partial charge in [-0.3, -0.25) is 0 Å². The maximum Gasteiger partial charge on any atom is 0.134 e. The van der Waals surface area contributed by atoms with Crippen LogP contribution in [0.15, 0.2) is 28.7 Å². The van der Waals surface area contributed by atoms with Crippen LogP contribution in [0.3, 0.4) is 0 Å². The van der Waals surface area contributed by atoms with E-state index >= 15 is 0 Å². The fourth-order valence-corrected chi connectivity index (χ4v) is 3.24. The zero-order chi connectivity index (χ0) is 13.6. The lowest BCUT2D eigenvalue weighted by Crippen LogP contribution is -2.10. The number of aromatic nitrogens is 1. The highest BCUT2D eigenvalue weighted by Gasteiger charge is 2.19. The molecule has 0 amide bonds. The molecule has 1 unspecified atom stereocenters. The maximum atomic E-state index is 6.31. The fraction of sp³-hybridized carbons (Fsp3) is 0.267. The topological polar surface area (TPSA) is 52.0 Å². The molecule has 0 saturated heterocycles. The lowest BCUT2D eigenvalue weighted by Gasteiger charge is -2.06. The number of furan rings is 1. The molecule has 19 heavy (non-hydrogen) atoms. The molecule has 0 radical (unpaired) electrons. The standard InChI is InChI=1S/C15H16N2OS/c1-8-4-5-12-11(6-8)7-13(18-12)14(16)15-9(2)17-10(3)19-15/h4-7,14H,16H2,1-3H3. The predicted octanol–water partition coefficient (Wildman–Crippen LogP) is 3.86. The van der Waals surface area contributed by atoms with Gasteiger partial charge < -0.3 is 10.2 Å². The molecule has 1 aromatic carbocycles. The first-order valence-corrected chi connectivity index (χ1v) is 7.06. The summed E-state index contributed by atoms with van der Waals surface area (Å²) in [5.41, 5.74) is 9.41. The van der Waals surface area contributed by atoms with Crippen molar-refractivity contribution in [3.8, 4) is 0 Å². The summed E-state index contributed by atoms with van der Waals surface area (Å²) in [6.07, 6.45) is 0. The second kappa shape index (κ2) is 4.47. The summed E-state index contributed by atoms with van der Waals surface area (Å²) in [6.45, 7) is 6.06. The van der Waals surface area contributed by atoms with Gasteiger partial charge in [0.1, 0.15) is 11.3 Å². The highest BCUT2D eigenvalue weighted by Crippen LogP contribution is 2.31. The Hall–Kier alpha value is -1.65. The molecule has 2 N–H and O–H groups in total. The fourth-order valence-electron chi connectivity index (χ4n) is 2.30. The molecule has 2 aromatic heterocycles. The van der Waals surface area contributed by atoms with Gasteiger partial charge in [-0.15, -0.1) is 11.3 Å². The van der Waals surface area contributed by atoms with Crippen molar-refractivity contribution in [1.82, 2.24) is 4.98 Å². The SMILES string of the molecule is Cc1ccc2oc(C(N)c3sc(C)nc3C)cc2c1. The molecule has 3 aromatic rings. The molecule has 0 aliphatic heterocycles. The summed E-state index contributed by atoms with van der Waals surface area (Å²) >= 11 is 1.63. The first-order chi connectivity index (χ1) is 9.04. The number of fused-ring (bicyclic) bond motifs is 1. The van der Waals surface area contributed by atoms with Crippen molar-refractivity contribution in [3.63, 3.8) is 0 Å². The van der Waals surface area contributed by atoms with Gasteiger partial charge in [0.25, 0.3) is 0 Å². The third-order valence-electron chi connectivity index (χ3n) is 3.22. The largest absolute Gasteiger partial charge is 0.459 e. The summed E-state index contributed by atoms with van der Waals surface area (Å²) in [5.74, 6) is 0.798. The minimum atomic E-state index is -0.237. The Balaban J connectivity index is 2.06. The molecule has 98 valence electrons. The average Bonchev–Trinajstić information content (AvgIpc) is 2.91. The molecule has 2 heterocycles. The summed E-state index contributed by atoms with van der Waals surface area (Å²) in [5, 5.41) is 2.14. The van der Waals surface area contributed by atoms with E-state index < -0.39 is 0 Å². The van der Waals surface area contributed by atoms with Crippen molar-refractivity contribution in [3.05, 3.63) is 51.2 Å². The normalized spacial score (nSPS) is 13.1. The molecule has 0 fully saturated rings. The molecule has 0 spiro atoms. The van der Waals surface area contributed by atoms with E-state index in [-0.39, 0.29) is 6.04 Å². The van der Waals surface area contributed by atoms with Crippen LogP contribution in [-0.4, -0.2) is 4.98 Å². The summed E-state index contributed by atoms with van der Waals surface area (Å²) < 4.78 is 5.86. The van der Waals surface area contributed by atoms with Crippen LogP contribution >= 0.6 is 11.3 Å². The molecule has 0 aliphatic rings. The van der Waals surface area contributed by atoms with Crippen LogP contribution in [-0.2, 0) is 0 Å². The Morgan fingerprint density at radius 3 is 2.68 bits per heavy atom. The molecule has 1 atom stereocenters. The highest BCUT2D eigenvalue weighted by atomic mass is 32.1. The first kappa shape index (κ1) is 12.4. The lowest BCUT2D eigenvalue weighted by atomic mass is 10.1. The van der Waals surface area contributed by atoms with Gasteiger partial charge in [-0.05, 0) is 39.0 Å². The van der Waals surface area contributed by atoms with E-state index in [1.54, 1.807) is 11.3 Å². The minimum Gasteiger partial charge on any atom is -0.459 e. The van der Waals surface area contributed by atoms with Crippen LogP contribution < -0.4 is 5.73 Å². The first-order valence-electron chi connectivity index (χ1n) is 6.24.